The molecule has 17 heavy (non-hydrogen) atoms. The molecule has 0 aliphatic carbocycles. The number of carboxylic acid groups (broad SMARTS) is 1. The van der Waals surface area contributed by atoms with E-state index < -0.39 is 12.1 Å². The molecule has 0 saturated carbocycles. The van der Waals surface area contributed by atoms with Gasteiger partial charge < -0.3 is 5.11 Å². The number of dihydropyridines is 1. The highest BCUT2D eigenvalue weighted by Gasteiger charge is 2.38. The van der Waals surface area contributed by atoms with Gasteiger partial charge in [0.25, 0.3) is 5.91 Å². The van der Waals surface area contributed by atoms with Crippen molar-refractivity contribution in [1.29, 1.82) is 0 Å². The van der Waals surface area contributed by atoms with Crippen molar-refractivity contribution in [3.63, 3.8) is 0 Å². The Morgan fingerprint density at radius 3 is 2.41 bits per heavy atom. The maximum absolute atomic E-state index is 10.9. The fourth-order valence-electron chi connectivity index (χ4n) is 0.905. The lowest BCUT2D eigenvalue weighted by molar-refractivity contribution is -0.192. The number of hydrogen-bond donors (Lipinski definition) is 1. The smallest absolute Gasteiger partial charge is 0.475 e. The largest absolute Gasteiger partial charge is 0.490 e. The van der Waals surface area contributed by atoms with Gasteiger partial charge in [0.05, 0.1) is 0 Å². The van der Waals surface area contributed by atoms with E-state index in [1.165, 1.54) is 6.21 Å². The Bertz CT molecular complexity index is 466. The zero-order chi connectivity index (χ0) is 13.1. The van der Waals surface area contributed by atoms with Crippen molar-refractivity contribution in [2.45, 2.75) is 6.18 Å². The lowest BCUT2D eigenvalue weighted by Crippen LogP contribution is -2.21. The molecule has 0 aromatic heterocycles. The number of alkyl halides is 3. The van der Waals surface area contributed by atoms with Gasteiger partial charge in [-0.15, -0.1) is 0 Å². The minimum atomic E-state index is -5.08. The lowest BCUT2D eigenvalue weighted by Gasteiger charge is -1.99. The minimum absolute atomic E-state index is 0.248. The SMILES string of the molecule is O=C(O)C(F)(F)F.O=C1N=CC=C2C=CN=C12. The highest BCUT2D eigenvalue weighted by Crippen LogP contribution is 2.13. The van der Waals surface area contributed by atoms with E-state index in [1.807, 2.05) is 0 Å². The number of aliphatic imine (C=N–C) groups is 2. The second kappa shape index (κ2) is 4.73. The Morgan fingerprint density at radius 2 is 1.94 bits per heavy atom. The molecule has 0 unspecified atom stereocenters. The lowest BCUT2D eigenvalue weighted by atomic mass is 10.1. The van der Waals surface area contributed by atoms with E-state index in [0.29, 0.717) is 5.71 Å². The molecular formula is C9H5F3N2O3. The van der Waals surface area contributed by atoms with Crippen molar-refractivity contribution >= 4 is 23.8 Å². The number of allylic oxidation sites excluding steroid dienone is 2. The molecule has 2 aliphatic heterocycles. The molecule has 0 atom stereocenters. The summed E-state index contributed by atoms with van der Waals surface area (Å²) in [5.74, 6) is -3.00. The summed E-state index contributed by atoms with van der Waals surface area (Å²) >= 11 is 0. The Labute approximate surface area is 92.7 Å². The monoisotopic (exact) mass is 246 g/mol. The van der Waals surface area contributed by atoms with Gasteiger partial charge >= 0.3 is 12.1 Å². The first-order valence-electron chi connectivity index (χ1n) is 4.16. The first kappa shape index (κ1) is 12.8. The fourth-order valence-corrected chi connectivity index (χ4v) is 0.905. The van der Waals surface area contributed by atoms with Crippen molar-refractivity contribution in [2.24, 2.45) is 9.98 Å². The van der Waals surface area contributed by atoms with Gasteiger partial charge in [-0.3, -0.25) is 9.79 Å². The summed E-state index contributed by atoms with van der Waals surface area (Å²) in [6, 6.07) is 0. The van der Waals surface area contributed by atoms with Gasteiger partial charge in [0.2, 0.25) is 0 Å². The third kappa shape index (κ3) is 3.37. The predicted octanol–water partition coefficient (Wildman–Crippen LogP) is 1.13. The molecule has 0 saturated heterocycles. The molecule has 2 rings (SSSR count). The summed E-state index contributed by atoms with van der Waals surface area (Å²) in [5, 5.41) is 7.12. The molecule has 2 heterocycles. The minimum Gasteiger partial charge on any atom is -0.475 e. The molecule has 90 valence electrons. The summed E-state index contributed by atoms with van der Waals surface area (Å²) in [6.45, 7) is 0. The van der Waals surface area contributed by atoms with Crippen molar-refractivity contribution < 1.29 is 27.9 Å². The molecule has 0 bridgehead atoms. The summed E-state index contributed by atoms with van der Waals surface area (Å²) in [5.41, 5.74) is 1.32. The normalized spacial score (nSPS) is 16.8. The number of rotatable bonds is 0. The average Bonchev–Trinajstić information content (AvgIpc) is 2.66. The highest BCUT2D eigenvalue weighted by molar-refractivity contribution is 6.49. The van der Waals surface area contributed by atoms with E-state index in [1.54, 1.807) is 18.4 Å². The molecular weight excluding hydrogens is 241 g/mol. The van der Waals surface area contributed by atoms with Crippen molar-refractivity contribution in [1.82, 2.24) is 0 Å². The van der Waals surface area contributed by atoms with Crippen molar-refractivity contribution in [3.8, 4) is 0 Å². The van der Waals surface area contributed by atoms with Gasteiger partial charge in [-0.2, -0.15) is 13.2 Å². The zero-order valence-electron chi connectivity index (χ0n) is 8.10. The Hall–Kier alpha value is -2.25. The van der Waals surface area contributed by atoms with Crippen LogP contribution in [0.5, 0.6) is 0 Å². The number of hydrogen-bond acceptors (Lipinski definition) is 3. The highest BCUT2D eigenvalue weighted by atomic mass is 19.4. The van der Waals surface area contributed by atoms with Crippen LogP contribution in [0.4, 0.5) is 13.2 Å². The molecule has 5 nitrogen and oxygen atoms in total. The first-order valence-corrected chi connectivity index (χ1v) is 4.16. The van der Waals surface area contributed by atoms with Crippen molar-refractivity contribution in [2.75, 3.05) is 0 Å². The number of amides is 1. The molecule has 0 radical (unpaired) electrons. The zero-order valence-corrected chi connectivity index (χ0v) is 8.10. The molecule has 1 amide bonds. The maximum atomic E-state index is 10.9. The quantitative estimate of drug-likeness (QED) is 0.695. The van der Waals surface area contributed by atoms with E-state index in [2.05, 4.69) is 9.98 Å². The number of carbonyl (C=O) groups is 2. The Kier molecular flexibility index (Phi) is 3.56. The van der Waals surface area contributed by atoms with Crippen LogP contribution in [0.1, 0.15) is 0 Å². The van der Waals surface area contributed by atoms with Crippen LogP contribution in [0, 0.1) is 0 Å². The number of fused-ring (bicyclic) bond motifs is 1. The van der Waals surface area contributed by atoms with Crippen molar-refractivity contribution in [3.05, 3.63) is 23.9 Å². The van der Waals surface area contributed by atoms with Gasteiger partial charge in [-0.25, -0.2) is 9.79 Å². The van der Waals surface area contributed by atoms with E-state index >= 15 is 0 Å². The third-order valence-corrected chi connectivity index (χ3v) is 1.62. The summed E-state index contributed by atoms with van der Waals surface area (Å²) in [6.07, 6.45) is 1.57. The number of halogens is 3. The number of nitrogens with zero attached hydrogens (tertiary/aromatic N) is 2. The number of carboxylic acids is 1. The predicted molar refractivity (Wildman–Crippen MR) is 51.8 cm³/mol. The average molecular weight is 246 g/mol. The van der Waals surface area contributed by atoms with Gasteiger partial charge in [0.15, 0.2) is 0 Å². The second-order valence-electron chi connectivity index (χ2n) is 2.80. The topological polar surface area (TPSA) is 79.1 Å². The molecule has 0 aromatic rings. The van der Waals surface area contributed by atoms with Gasteiger partial charge in [0.1, 0.15) is 5.71 Å². The summed E-state index contributed by atoms with van der Waals surface area (Å²) in [4.78, 5) is 27.2. The first-order chi connectivity index (χ1) is 7.82. The van der Waals surface area contributed by atoms with Crippen LogP contribution >= 0.6 is 0 Å². The van der Waals surface area contributed by atoms with Crippen LogP contribution in [0.2, 0.25) is 0 Å². The summed E-state index contributed by atoms with van der Waals surface area (Å²) < 4.78 is 31.7. The Morgan fingerprint density at radius 1 is 1.35 bits per heavy atom. The van der Waals surface area contributed by atoms with Gasteiger partial charge in [-0.05, 0) is 12.2 Å². The number of aliphatic carboxylic acids is 1. The molecule has 8 heteroatoms. The van der Waals surface area contributed by atoms with Crippen LogP contribution in [0.15, 0.2) is 33.9 Å². The molecule has 0 aromatic carbocycles. The van der Waals surface area contributed by atoms with Crippen LogP contribution in [0.25, 0.3) is 0 Å². The molecule has 1 N–H and O–H groups in total. The van der Waals surface area contributed by atoms with E-state index in [4.69, 9.17) is 9.90 Å². The molecule has 0 spiro atoms. The second-order valence-corrected chi connectivity index (χ2v) is 2.80. The van der Waals surface area contributed by atoms with Crippen LogP contribution in [0.3, 0.4) is 0 Å². The van der Waals surface area contributed by atoms with Crippen LogP contribution in [-0.4, -0.2) is 35.1 Å². The maximum Gasteiger partial charge on any atom is 0.490 e. The van der Waals surface area contributed by atoms with E-state index in [0.717, 1.165) is 5.57 Å². The Balaban J connectivity index is 0.000000185. The fraction of sp³-hybridized carbons (Fsp3) is 0.111. The van der Waals surface area contributed by atoms with Gasteiger partial charge in [0, 0.05) is 18.0 Å². The van der Waals surface area contributed by atoms with Crippen LogP contribution < -0.4 is 0 Å². The van der Waals surface area contributed by atoms with Crippen LogP contribution in [-0.2, 0) is 9.59 Å². The third-order valence-electron chi connectivity index (χ3n) is 1.62. The van der Waals surface area contributed by atoms with E-state index in [-0.39, 0.29) is 5.91 Å². The van der Waals surface area contributed by atoms with Gasteiger partial charge in [-0.1, -0.05) is 0 Å². The summed E-state index contributed by atoms with van der Waals surface area (Å²) in [7, 11) is 0. The standard InChI is InChI=1S/C7H4N2O.C2HF3O2/c10-7-6-5(1-3-8-6)2-4-9-7;3-2(4,5)1(6)7/h1-4H;(H,6,7). The van der Waals surface area contributed by atoms with E-state index in [9.17, 15) is 18.0 Å². The molecule has 2 aliphatic rings. The number of carbonyl (C=O) groups excluding carboxylic acids is 1. The molecule has 0 fully saturated rings.